The van der Waals surface area contributed by atoms with Crippen LogP contribution in [0.2, 0.25) is 0 Å². The van der Waals surface area contributed by atoms with Crippen LogP contribution in [0, 0.1) is 0 Å². The van der Waals surface area contributed by atoms with Gasteiger partial charge in [-0.15, -0.1) is 11.6 Å². The van der Waals surface area contributed by atoms with Crippen molar-refractivity contribution in [3.8, 4) is 5.75 Å². The smallest absolute Gasteiger partial charge is 0.329 e. The Morgan fingerprint density at radius 3 is 2.93 bits per heavy atom. The van der Waals surface area contributed by atoms with Gasteiger partial charge in [-0.1, -0.05) is 6.07 Å². The molecule has 0 aliphatic heterocycles. The maximum atomic E-state index is 11.1. The maximum Gasteiger partial charge on any atom is 0.329 e. The number of aliphatic imine (C=N–C) groups is 1. The predicted octanol–water partition coefficient (Wildman–Crippen LogP) is 2.19. The van der Waals surface area contributed by atoms with Gasteiger partial charge in [0.05, 0.1) is 5.69 Å². The molecular weight excluding hydrogens is 218 g/mol. The molecule has 0 aliphatic rings. The fourth-order valence-electron chi connectivity index (χ4n) is 0.867. The van der Waals surface area contributed by atoms with E-state index in [-0.39, 0.29) is 0 Å². The average Bonchev–Trinajstić information content (AvgIpc) is 2.18. The molecule has 0 aliphatic carbocycles. The van der Waals surface area contributed by atoms with Crippen LogP contribution in [-0.4, -0.2) is 17.4 Å². The molecule has 0 amide bonds. The second-order valence-corrected chi connectivity index (χ2v) is 3.39. The fourth-order valence-corrected chi connectivity index (χ4v) is 0.911. The van der Waals surface area contributed by atoms with E-state index in [9.17, 15) is 9.59 Å². The SMILES string of the molecule is CC(Cl)C(=O)Oc1cccc(N=C=O)c1. The quantitative estimate of drug-likeness (QED) is 0.261. The van der Waals surface area contributed by atoms with Gasteiger partial charge >= 0.3 is 5.97 Å². The van der Waals surface area contributed by atoms with Gasteiger partial charge < -0.3 is 4.74 Å². The molecule has 0 N–H and O–H groups in total. The van der Waals surface area contributed by atoms with Gasteiger partial charge in [0.25, 0.3) is 0 Å². The standard InChI is InChI=1S/C10H8ClNO3/c1-7(11)10(14)15-9-4-2-3-8(5-9)12-6-13/h2-5,7H,1H3. The topological polar surface area (TPSA) is 55.7 Å². The van der Waals surface area contributed by atoms with Crippen molar-refractivity contribution in [1.29, 1.82) is 0 Å². The number of carbonyl (C=O) groups is 1. The largest absolute Gasteiger partial charge is 0.425 e. The number of hydrogen-bond donors (Lipinski definition) is 0. The van der Waals surface area contributed by atoms with Crippen LogP contribution in [0.5, 0.6) is 5.75 Å². The average molecular weight is 226 g/mol. The first-order valence-electron chi connectivity index (χ1n) is 4.17. The number of rotatable bonds is 3. The number of esters is 1. The molecule has 0 aromatic heterocycles. The van der Waals surface area contributed by atoms with Crippen LogP contribution in [0.25, 0.3) is 0 Å². The Hall–Kier alpha value is -1.64. The number of nitrogens with zero attached hydrogens (tertiary/aromatic N) is 1. The highest BCUT2D eigenvalue weighted by atomic mass is 35.5. The lowest BCUT2D eigenvalue weighted by atomic mass is 10.3. The highest BCUT2D eigenvalue weighted by Gasteiger charge is 2.11. The van der Waals surface area contributed by atoms with E-state index in [1.165, 1.54) is 19.1 Å². The van der Waals surface area contributed by atoms with Crippen molar-refractivity contribution in [2.75, 3.05) is 0 Å². The van der Waals surface area contributed by atoms with Crippen LogP contribution in [0.15, 0.2) is 29.3 Å². The minimum Gasteiger partial charge on any atom is -0.425 e. The summed E-state index contributed by atoms with van der Waals surface area (Å²) in [6, 6.07) is 6.22. The normalized spacial score (nSPS) is 11.3. The van der Waals surface area contributed by atoms with Crippen LogP contribution in [-0.2, 0) is 9.59 Å². The molecule has 0 fully saturated rings. The van der Waals surface area contributed by atoms with Gasteiger partial charge in [0, 0.05) is 6.07 Å². The summed E-state index contributed by atoms with van der Waals surface area (Å²) in [5.74, 6) is -0.257. The Morgan fingerprint density at radius 1 is 1.60 bits per heavy atom. The lowest BCUT2D eigenvalue weighted by Gasteiger charge is -2.05. The molecule has 1 unspecified atom stereocenters. The zero-order chi connectivity index (χ0) is 11.3. The lowest BCUT2D eigenvalue weighted by Crippen LogP contribution is -2.17. The third-order valence-corrected chi connectivity index (χ3v) is 1.71. The molecule has 1 aromatic rings. The van der Waals surface area contributed by atoms with E-state index in [0.29, 0.717) is 11.4 Å². The lowest BCUT2D eigenvalue weighted by molar-refractivity contribution is -0.133. The Balaban J connectivity index is 2.82. The summed E-state index contributed by atoms with van der Waals surface area (Å²) < 4.78 is 4.90. The minimum atomic E-state index is -0.719. The molecule has 1 atom stereocenters. The van der Waals surface area contributed by atoms with Gasteiger partial charge in [-0.25, -0.2) is 4.79 Å². The maximum absolute atomic E-state index is 11.1. The van der Waals surface area contributed by atoms with Gasteiger partial charge in [-0.3, -0.25) is 4.79 Å². The van der Waals surface area contributed by atoms with Gasteiger partial charge in [0.15, 0.2) is 0 Å². The van der Waals surface area contributed by atoms with Gasteiger partial charge in [-0.2, -0.15) is 4.99 Å². The van der Waals surface area contributed by atoms with Crippen LogP contribution in [0.1, 0.15) is 6.92 Å². The summed E-state index contributed by atoms with van der Waals surface area (Å²) in [6.07, 6.45) is 1.40. The Labute approximate surface area is 91.5 Å². The number of benzene rings is 1. The monoisotopic (exact) mass is 225 g/mol. The molecule has 1 rings (SSSR count). The molecule has 0 spiro atoms. The summed E-state index contributed by atoms with van der Waals surface area (Å²) in [5, 5.41) is -0.719. The van der Waals surface area contributed by atoms with Crippen molar-refractivity contribution in [1.82, 2.24) is 0 Å². The molecule has 15 heavy (non-hydrogen) atoms. The summed E-state index contributed by atoms with van der Waals surface area (Å²) in [7, 11) is 0. The molecule has 5 heteroatoms. The van der Waals surface area contributed by atoms with E-state index in [0.717, 1.165) is 0 Å². The number of hydrogen-bond acceptors (Lipinski definition) is 4. The number of ether oxygens (including phenoxy) is 1. The van der Waals surface area contributed by atoms with E-state index in [2.05, 4.69) is 4.99 Å². The van der Waals surface area contributed by atoms with Crippen LogP contribution < -0.4 is 4.74 Å². The van der Waals surface area contributed by atoms with Crippen LogP contribution in [0.3, 0.4) is 0 Å². The fraction of sp³-hybridized carbons (Fsp3) is 0.200. The molecule has 0 saturated carbocycles. The minimum absolute atomic E-state index is 0.295. The molecule has 4 nitrogen and oxygen atoms in total. The van der Waals surface area contributed by atoms with Crippen molar-refractivity contribution < 1.29 is 14.3 Å². The Kier molecular flexibility index (Phi) is 4.03. The zero-order valence-electron chi connectivity index (χ0n) is 7.94. The molecule has 0 radical (unpaired) electrons. The van der Waals surface area contributed by atoms with Crippen molar-refractivity contribution >= 4 is 29.3 Å². The van der Waals surface area contributed by atoms with Crippen LogP contribution >= 0.6 is 11.6 Å². The van der Waals surface area contributed by atoms with Crippen molar-refractivity contribution in [3.63, 3.8) is 0 Å². The van der Waals surface area contributed by atoms with Gasteiger partial charge in [0.1, 0.15) is 11.1 Å². The highest BCUT2D eigenvalue weighted by Crippen LogP contribution is 2.20. The van der Waals surface area contributed by atoms with E-state index >= 15 is 0 Å². The van der Waals surface area contributed by atoms with E-state index in [1.807, 2.05) is 0 Å². The van der Waals surface area contributed by atoms with Crippen molar-refractivity contribution in [2.24, 2.45) is 4.99 Å². The first-order chi connectivity index (χ1) is 7.13. The van der Waals surface area contributed by atoms with E-state index < -0.39 is 11.3 Å². The number of halogens is 1. The first kappa shape index (κ1) is 11.4. The number of alkyl halides is 1. The molecule has 0 saturated heterocycles. The molecular formula is C10H8ClNO3. The first-order valence-corrected chi connectivity index (χ1v) is 4.61. The molecule has 1 aromatic carbocycles. The number of carbonyl (C=O) groups excluding carboxylic acids is 2. The van der Waals surface area contributed by atoms with Crippen LogP contribution in [0.4, 0.5) is 5.69 Å². The van der Waals surface area contributed by atoms with Gasteiger partial charge in [-0.05, 0) is 19.1 Å². The third kappa shape index (κ3) is 3.54. The summed E-state index contributed by atoms with van der Waals surface area (Å²) in [4.78, 5) is 24.5. The second kappa shape index (κ2) is 5.29. The van der Waals surface area contributed by atoms with E-state index in [4.69, 9.17) is 16.3 Å². The number of isocyanates is 1. The highest BCUT2D eigenvalue weighted by molar-refractivity contribution is 6.29. The summed E-state index contributed by atoms with van der Waals surface area (Å²) >= 11 is 5.52. The summed E-state index contributed by atoms with van der Waals surface area (Å²) in [6.45, 7) is 1.51. The predicted molar refractivity (Wildman–Crippen MR) is 55.2 cm³/mol. The van der Waals surface area contributed by atoms with Crippen molar-refractivity contribution in [3.05, 3.63) is 24.3 Å². The summed E-state index contributed by atoms with van der Waals surface area (Å²) in [5.41, 5.74) is 0.373. The van der Waals surface area contributed by atoms with Gasteiger partial charge in [0.2, 0.25) is 6.08 Å². The second-order valence-electron chi connectivity index (χ2n) is 2.74. The molecule has 0 bridgehead atoms. The zero-order valence-corrected chi connectivity index (χ0v) is 8.69. The molecule has 78 valence electrons. The van der Waals surface area contributed by atoms with Crippen molar-refractivity contribution in [2.45, 2.75) is 12.3 Å². The third-order valence-electron chi connectivity index (χ3n) is 1.54. The molecule has 0 heterocycles. The Bertz CT molecular complexity index is 411. The Morgan fingerprint density at radius 2 is 2.33 bits per heavy atom. The van der Waals surface area contributed by atoms with E-state index in [1.54, 1.807) is 18.2 Å².